The number of carboxylic acids is 1. The summed E-state index contributed by atoms with van der Waals surface area (Å²) < 4.78 is 1.63. The number of rotatable bonds is 5. The Morgan fingerprint density at radius 2 is 2.05 bits per heavy atom. The lowest BCUT2D eigenvalue weighted by Gasteiger charge is -2.31. The van der Waals surface area contributed by atoms with E-state index < -0.39 is 5.97 Å². The minimum Gasteiger partial charge on any atom is -0.481 e. The average molecular weight is 266 g/mol. The molecule has 1 amide bonds. The highest BCUT2D eigenvalue weighted by molar-refractivity contribution is 5.76. The third-order valence-corrected chi connectivity index (χ3v) is 3.46. The first-order valence-corrected chi connectivity index (χ1v) is 6.49. The Balaban J connectivity index is 1.71. The molecular formula is C12H18N4O3. The molecule has 0 aromatic carbocycles. The first-order valence-electron chi connectivity index (χ1n) is 6.49. The Morgan fingerprint density at radius 3 is 2.63 bits per heavy atom. The van der Waals surface area contributed by atoms with Crippen LogP contribution in [0, 0.1) is 5.92 Å². The molecule has 0 aliphatic carbocycles. The number of likely N-dealkylation sites (tertiary alicyclic amines) is 1. The molecule has 0 atom stereocenters. The summed E-state index contributed by atoms with van der Waals surface area (Å²) in [6, 6.07) is 0. The monoisotopic (exact) mass is 266 g/mol. The second-order valence-electron chi connectivity index (χ2n) is 4.84. The molecule has 1 saturated heterocycles. The van der Waals surface area contributed by atoms with Crippen LogP contribution in [0.25, 0.3) is 0 Å². The molecule has 1 aliphatic heterocycles. The Labute approximate surface area is 111 Å². The van der Waals surface area contributed by atoms with Crippen molar-refractivity contribution < 1.29 is 14.7 Å². The summed E-state index contributed by atoms with van der Waals surface area (Å²) in [4.78, 5) is 24.4. The van der Waals surface area contributed by atoms with E-state index in [2.05, 4.69) is 10.3 Å². The van der Waals surface area contributed by atoms with Gasteiger partial charge in [-0.15, -0.1) is 5.10 Å². The van der Waals surface area contributed by atoms with E-state index >= 15 is 0 Å². The smallest absolute Gasteiger partial charge is 0.303 e. The quantitative estimate of drug-likeness (QED) is 0.832. The summed E-state index contributed by atoms with van der Waals surface area (Å²) >= 11 is 0. The molecule has 7 heteroatoms. The number of piperidine rings is 1. The Kier molecular flexibility index (Phi) is 4.48. The second kappa shape index (κ2) is 6.31. The summed E-state index contributed by atoms with van der Waals surface area (Å²) in [7, 11) is 0. The molecule has 1 aliphatic rings. The highest BCUT2D eigenvalue weighted by atomic mass is 16.4. The van der Waals surface area contributed by atoms with Crippen LogP contribution < -0.4 is 0 Å². The van der Waals surface area contributed by atoms with Crippen molar-refractivity contribution in [2.45, 2.75) is 32.2 Å². The molecule has 1 N–H and O–H groups in total. The van der Waals surface area contributed by atoms with Crippen molar-refractivity contribution in [1.29, 1.82) is 0 Å². The number of aliphatic carboxylic acids is 1. The van der Waals surface area contributed by atoms with Gasteiger partial charge in [0, 0.05) is 32.1 Å². The van der Waals surface area contributed by atoms with Gasteiger partial charge in [-0.05, 0) is 18.8 Å². The predicted octanol–water partition coefficient (Wildman–Crippen LogP) is 0.381. The number of aryl methyl sites for hydroxylation is 1. The van der Waals surface area contributed by atoms with Crippen LogP contribution in [0.1, 0.15) is 25.7 Å². The Bertz CT molecular complexity index is 424. The van der Waals surface area contributed by atoms with Gasteiger partial charge in [-0.2, -0.15) is 0 Å². The average Bonchev–Trinajstić information content (AvgIpc) is 2.89. The molecule has 2 heterocycles. The zero-order valence-corrected chi connectivity index (χ0v) is 10.7. The van der Waals surface area contributed by atoms with Crippen molar-refractivity contribution in [1.82, 2.24) is 19.9 Å². The lowest BCUT2D eigenvalue weighted by atomic mass is 9.93. The van der Waals surface area contributed by atoms with Crippen LogP contribution in [0.15, 0.2) is 12.4 Å². The van der Waals surface area contributed by atoms with E-state index in [9.17, 15) is 9.59 Å². The van der Waals surface area contributed by atoms with Crippen molar-refractivity contribution in [3.8, 4) is 0 Å². The zero-order chi connectivity index (χ0) is 13.7. The first-order chi connectivity index (χ1) is 9.15. The van der Waals surface area contributed by atoms with Crippen LogP contribution in [0.3, 0.4) is 0 Å². The molecule has 0 saturated carbocycles. The number of carbonyl (C=O) groups is 2. The van der Waals surface area contributed by atoms with Crippen LogP contribution in [-0.2, 0) is 16.1 Å². The molecule has 1 aromatic heterocycles. The van der Waals surface area contributed by atoms with Crippen molar-refractivity contribution in [2.24, 2.45) is 5.92 Å². The minimum absolute atomic E-state index is 0.101. The molecule has 0 spiro atoms. The molecule has 0 bridgehead atoms. The van der Waals surface area contributed by atoms with E-state index in [0.29, 0.717) is 26.1 Å². The zero-order valence-electron chi connectivity index (χ0n) is 10.7. The number of hydrogen-bond acceptors (Lipinski definition) is 4. The fourth-order valence-corrected chi connectivity index (χ4v) is 2.35. The highest BCUT2D eigenvalue weighted by Crippen LogP contribution is 2.20. The lowest BCUT2D eigenvalue weighted by Crippen LogP contribution is -2.39. The summed E-state index contributed by atoms with van der Waals surface area (Å²) in [5.41, 5.74) is 0. The van der Waals surface area contributed by atoms with Crippen molar-refractivity contribution >= 4 is 11.9 Å². The largest absolute Gasteiger partial charge is 0.481 e. The van der Waals surface area contributed by atoms with E-state index in [0.717, 1.165) is 12.8 Å². The topological polar surface area (TPSA) is 88.3 Å². The van der Waals surface area contributed by atoms with E-state index in [1.165, 1.54) is 0 Å². The van der Waals surface area contributed by atoms with Crippen LogP contribution in [-0.4, -0.2) is 50.0 Å². The molecule has 104 valence electrons. The highest BCUT2D eigenvalue weighted by Gasteiger charge is 2.23. The fraction of sp³-hybridized carbons (Fsp3) is 0.667. The van der Waals surface area contributed by atoms with Gasteiger partial charge >= 0.3 is 5.97 Å². The molecule has 1 fully saturated rings. The van der Waals surface area contributed by atoms with Gasteiger partial charge in [0.15, 0.2) is 0 Å². The van der Waals surface area contributed by atoms with Crippen LogP contribution in [0.5, 0.6) is 0 Å². The van der Waals surface area contributed by atoms with E-state index in [1.807, 2.05) is 4.90 Å². The van der Waals surface area contributed by atoms with Gasteiger partial charge in [0.25, 0.3) is 0 Å². The molecule has 19 heavy (non-hydrogen) atoms. The van der Waals surface area contributed by atoms with Crippen molar-refractivity contribution in [3.63, 3.8) is 0 Å². The Hall–Kier alpha value is -1.92. The normalized spacial score (nSPS) is 16.5. The van der Waals surface area contributed by atoms with Gasteiger partial charge < -0.3 is 10.0 Å². The van der Waals surface area contributed by atoms with Gasteiger partial charge in [0.05, 0.1) is 12.7 Å². The van der Waals surface area contributed by atoms with Crippen LogP contribution in [0.2, 0.25) is 0 Å². The van der Waals surface area contributed by atoms with Crippen molar-refractivity contribution in [3.05, 3.63) is 12.4 Å². The maximum atomic E-state index is 12.0. The number of carboxylic acid groups (broad SMARTS) is 1. The number of amides is 1. The second-order valence-corrected chi connectivity index (χ2v) is 4.84. The number of hydrogen-bond donors (Lipinski definition) is 1. The summed E-state index contributed by atoms with van der Waals surface area (Å²) in [5, 5.41) is 16.2. The molecular weight excluding hydrogens is 248 g/mol. The van der Waals surface area contributed by atoms with Gasteiger partial charge in [-0.3, -0.25) is 14.3 Å². The number of carbonyl (C=O) groups excluding carboxylic acids is 1. The van der Waals surface area contributed by atoms with Crippen LogP contribution in [0.4, 0.5) is 0 Å². The predicted molar refractivity (Wildman–Crippen MR) is 66.2 cm³/mol. The summed E-state index contributed by atoms with van der Waals surface area (Å²) in [6.07, 6.45) is 5.49. The third kappa shape index (κ3) is 4.04. The SMILES string of the molecule is O=C(O)CC1CCN(C(=O)CCn2ccnn2)CC1. The van der Waals surface area contributed by atoms with Gasteiger partial charge in [-0.25, -0.2) is 0 Å². The lowest BCUT2D eigenvalue weighted by molar-refractivity contribution is -0.138. The van der Waals surface area contributed by atoms with E-state index in [1.54, 1.807) is 17.1 Å². The first kappa shape index (κ1) is 13.5. The number of aromatic nitrogens is 3. The van der Waals surface area contributed by atoms with Gasteiger partial charge in [0.2, 0.25) is 5.91 Å². The van der Waals surface area contributed by atoms with E-state index in [-0.39, 0.29) is 18.2 Å². The molecule has 0 unspecified atom stereocenters. The third-order valence-electron chi connectivity index (χ3n) is 3.46. The van der Waals surface area contributed by atoms with Crippen molar-refractivity contribution in [2.75, 3.05) is 13.1 Å². The summed E-state index contributed by atoms with van der Waals surface area (Å²) in [5.74, 6) is -0.447. The number of nitrogens with zero attached hydrogens (tertiary/aromatic N) is 4. The van der Waals surface area contributed by atoms with Gasteiger partial charge in [-0.1, -0.05) is 5.21 Å². The minimum atomic E-state index is -0.754. The van der Waals surface area contributed by atoms with Crippen LogP contribution >= 0.6 is 0 Å². The molecule has 2 rings (SSSR count). The maximum absolute atomic E-state index is 12.0. The standard InChI is InChI=1S/C12H18N4O3/c17-11(3-7-16-8-4-13-14-16)15-5-1-10(2-6-15)9-12(18)19/h4,8,10H,1-3,5-7,9H2,(H,18,19). The maximum Gasteiger partial charge on any atom is 0.303 e. The summed E-state index contributed by atoms with van der Waals surface area (Å²) in [6.45, 7) is 1.86. The Morgan fingerprint density at radius 1 is 1.32 bits per heavy atom. The molecule has 1 aromatic rings. The molecule has 0 radical (unpaired) electrons. The van der Waals surface area contributed by atoms with E-state index in [4.69, 9.17) is 5.11 Å². The molecule has 7 nitrogen and oxygen atoms in total. The fourth-order valence-electron chi connectivity index (χ4n) is 2.35. The van der Waals surface area contributed by atoms with Gasteiger partial charge in [0.1, 0.15) is 0 Å².